The second-order valence-electron chi connectivity index (χ2n) is 5.02. The van der Waals surface area contributed by atoms with E-state index < -0.39 is 10.0 Å². The predicted molar refractivity (Wildman–Crippen MR) is 80.8 cm³/mol. The van der Waals surface area contributed by atoms with E-state index in [2.05, 4.69) is 10.0 Å². The van der Waals surface area contributed by atoms with Crippen LogP contribution in [0.15, 0.2) is 47.4 Å². The molecule has 21 heavy (non-hydrogen) atoms. The summed E-state index contributed by atoms with van der Waals surface area (Å²) in [7, 11) is -3.62. The Balaban J connectivity index is 1.88. The molecule has 2 aromatic carbocycles. The lowest BCUT2D eigenvalue weighted by atomic mass is 10.1. The highest BCUT2D eigenvalue weighted by atomic mass is 32.2. The van der Waals surface area contributed by atoms with Crippen molar-refractivity contribution in [3.63, 3.8) is 0 Å². The summed E-state index contributed by atoms with van der Waals surface area (Å²) >= 11 is 0. The van der Waals surface area contributed by atoms with Crippen LogP contribution < -0.4 is 10.0 Å². The third-order valence-corrected chi connectivity index (χ3v) is 4.71. The topological polar surface area (TPSA) is 75.3 Å². The van der Waals surface area contributed by atoms with Crippen LogP contribution in [-0.2, 0) is 21.2 Å². The minimum atomic E-state index is -3.62. The van der Waals surface area contributed by atoms with Gasteiger partial charge in [0, 0.05) is 11.4 Å². The molecule has 1 amide bonds. The van der Waals surface area contributed by atoms with E-state index in [1.54, 1.807) is 42.5 Å². The Bertz CT molecular complexity index is 811. The number of sulfonamides is 1. The Morgan fingerprint density at radius 3 is 2.52 bits per heavy atom. The van der Waals surface area contributed by atoms with Gasteiger partial charge >= 0.3 is 0 Å². The van der Waals surface area contributed by atoms with Gasteiger partial charge in [0.2, 0.25) is 5.91 Å². The molecule has 108 valence electrons. The van der Waals surface area contributed by atoms with E-state index in [4.69, 9.17) is 0 Å². The molecule has 0 radical (unpaired) electrons. The normalized spacial score (nSPS) is 13.7. The number of carbonyl (C=O) groups excluding carboxylic acids is 1. The number of nitrogens with one attached hydrogen (secondary N) is 2. The minimum Gasteiger partial charge on any atom is -0.326 e. The molecule has 5 nitrogen and oxygen atoms in total. The molecule has 1 aliphatic rings. The number of hydrogen-bond acceptors (Lipinski definition) is 3. The first-order chi connectivity index (χ1) is 9.94. The van der Waals surface area contributed by atoms with E-state index in [9.17, 15) is 13.2 Å². The molecule has 0 aromatic heterocycles. The molecular weight excluding hydrogens is 288 g/mol. The molecule has 2 aromatic rings. The molecule has 0 saturated carbocycles. The van der Waals surface area contributed by atoms with E-state index >= 15 is 0 Å². The Labute approximate surface area is 123 Å². The number of benzene rings is 2. The summed E-state index contributed by atoms with van der Waals surface area (Å²) in [5, 5.41) is 2.71. The largest absolute Gasteiger partial charge is 0.326 e. The van der Waals surface area contributed by atoms with E-state index in [1.165, 1.54) is 0 Å². The van der Waals surface area contributed by atoms with Gasteiger partial charge < -0.3 is 5.32 Å². The summed E-state index contributed by atoms with van der Waals surface area (Å²) in [4.78, 5) is 11.5. The van der Waals surface area contributed by atoms with E-state index in [0.29, 0.717) is 5.69 Å². The van der Waals surface area contributed by atoms with Gasteiger partial charge in [-0.05, 0) is 42.8 Å². The molecular formula is C15H14N2O3S. The van der Waals surface area contributed by atoms with Gasteiger partial charge in [-0.1, -0.05) is 17.7 Å². The highest BCUT2D eigenvalue weighted by Gasteiger charge is 2.19. The predicted octanol–water partition coefficient (Wildman–Crippen LogP) is 2.29. The van der Waals surface area contributed by atoms with Crippen LogP contribution in [0.5, 0.6) is 0 Å². The van der Waals surface area contributed by atoms with Gasteiger partial charge in [-0.2, -0.15) is 0 Å². The van der Waals surface area contributed by atoms with Crippen molar-refractivity contribution in [2.75, 3.05) is 10.0 Å². The SMILES string of the molecule is Cc1ccc(S(=O)(=O)Nc2ccc3c(c2)CC(=O)N3)cc1. The third-order valence-electron chi connectivity index (χ3n) is 3.31. The number of fused-ring (bicyclic) bond motifs is 1. The lowest BCUT2D eigenvalue weighted by Crippen LogP contribution is -2.13. The van der Waals surface area contributed by atoms with Crippen molar-refractivity contribution in [2.24, 2.45) is 0 Å². The van der Waals surface area contributed by atoms with E-state index in [1.807, 2.05) is 6.92 Å². The second kappa shape index (κ2) is 4.89. The number of carbonyl (C=O) groups is 1. The highest BCUT2D eigenvalue weighted by Crippen LogP contribution is 2.27. The molecule has 0 fully saturated rings. The van der Waals surface area contributed by atoms with Crippen molar-refractivity contribution >= 4 is 27.3 Å². The summed E-state index contributed by atoms with van der Waals surface area (Å²) in [6.07, 6.45) is 0.273. The van der Waals surface area contributed by atoms with Crippen LogP contribution >= 0.6 is 0 Å². The number of amides is 1. The van der Waals surface area contributed by atoms with Crippen LogP contribution in [0.1, 0.15) is 11.1 Å². The van der Waals surface area contributed by atoms with Crippen LogP contribution in [0.3, 0.4) is 0 Å². The maximum absolute atomic E-state index is 12.3. The summed E-state index contributed by atoms with van der Waals surface area (Å²) < 4.78 is 27.1. The molecule has 1 heterocycles. The van der Waals surface area contributed by atoms with Crippen molar-refractivity contribution in [3.8, 4) is 0 Å². The maximum Gasteiger partial charge on any atom is 0.261 e. The van der Waals surface area contributed by atoms with Gasteiger partial charge in [0.25, 0.3) is 10.0 Å². The Morgan fingerprint density at radius 2 is 1.81 bits per heavy atom. The average Bonchev–Trinajstić information content (AvgIpc) is 2.78. The highest BCUT2D eigenvalue weighted by molar-refractivity contribution is 7.92. The lowest BCUT2D eigenvalue weighted by molar-refractivity contribution is -0.115. The zero-order valence-electron chi connectivity index (χ0n) is 11.4. The fraction of sp³-hybridized carbons (Fsp3) is 0.133. The van der Waals surface area contributed by atoms with Crippen molar-refractivity contribution < 1.29 is 13.2 Å². The standard InChI is InChI=1S/C15H14N2O3S/c1-10-2-5-13(6-3-10)21(19,20)17-12-4-7-14-11(8-12)9-15(18)16-14/h2-8,17H,9H2,1H3,(H,16,18). The Kier molecular flexibility index (Phi) is 3.17. The van der Waals surface area contributed by atoms with Gasteiger partial charge in [-0.3, -0.25) is 9.52 Å². The molecule has 0 aliphatic carbocycles. The zero-order valence-corrected chi connectivity index (χ0v) is 12.2. The lowest BCUT2D eigenvalue weighted by Gasteiger charge is -2.09. The van der Waals surface area contributed by atoms with Crippen LogP contribution in [-0.4, -0.2) is 14.3 Å². The fourth-order valence-electron chi connectivity index (χ4n) is 2.22. The van der Waals surface area contributed by atoms with Gasteiger partial charge in [0.05, 0.1) is 11.3 Å². The molecule has 3 rings (SSSR count). The van der Waals surface area contributed by atoms with Crippen LogP contribution in [0.4, 0.5) is 11.4 Å². The van der Waals surface area contributed by atoms with Crippen LogP contribution in [0.25, 0.3) is 0 Å². The maximum atomic E-state index is 12.3. The van der Waals surface area contributed by atoms with Gasteiger partial charge in [0.15, 0.2) is 0 Å². The first-order valence-corrected chi connectivity index (χ1v) is 7.95. The molecule has 2 N–H and O–H groups in total. The van der Waals surface area contributed by atoms with Crippen molar-refractivity contribution in [3.05, 3.63) is 53.6 Å². The molecule has 0 spiro atoms. The fourth-order valence-corrected chi connectivity index (χ4v) is 3.27. The minimum absolute atomic E-state index is 0.0801. The first kappa shape index (κ1) is 13.6. The van der Waals surface area contributed by atoms with Gasteiger partial charge in [0.1, 0.15) is 0 Å². The molecule has 1 aliphatic heterocycles. The average molecular weight is 302 g/mol. The molecule has 0 saturated heterocycles. The molecule has 0 unspecified atom stereocenters. The summed E-state index contributed by atoms with van der Waals surface area (Å²) in [6, 6.07) is 11.6. The Hall–Kier alpha value is -2.34. The summed E-state index contributed by atoms with van der Waals surface area (Å²) in [6.45, 7) is 1.90. The molecule has 6 heteroatoms. The van der Waals surface area contributed by atoms with E-state index in [0.717, 1.165) is 16.8 Å². The zero-order chi connectivity index (χ0) is 15.0. The number of hydrogen-bond donors (Lipinski definition) is 2. The first-order valence-electron chi connectivity index (χ1n) is 6.46. The van der Waals surface area contributed by atoms with Crippen molar-refractivity contribution in [1.29, 1.82) is 0 Å². The van der Waals surface area contributed by atoms with E-state index in [-0.39, 0.29) is 17.2 Å². The monoisotopic (exact) mass is 302 g/mol. The number of rotatable bonds is 3. The van der Waals surface area contributed by atoms with Crippen LogP contribution in [0, 0.1) is 6.92 Å². The van der Waals surface area contributed by atoms with Crippen molar-refractivity contribution in [2.45, 2.75) is 18.2 Å². The molecule has 0 atom stereocenters. The molecule has 0 bridgehead atoms. The van der Waals surface area contributed by atoms with Crippen molar-refractivity contribution in [1.82, 2.24) is 0 Å². The van der Waals surface area contributed by atoms with Gasteiger partial charge in [-0.15, -0.1) is 0 Å². The quantitative estimate of drug-likeness (QED) is 0.913. The second-order valence-corrected chi connectivity index (χ2v) is 6.70. The van der Waals surface area contributed by atoms with Crippen LogP contribution in [0.2, 0.25) is 0 Å². The third kappa shape index (κ3) is 2.75. The summed E-state index contributed by atoms with van der Waals surface area (Å²) in [5.41, 5.74) is 2.98. The number of anilines is 2. The number of aryl methyl sites for hydroxylation is 1. The smallest absolute Gasteiger partial charge is 0.261 e. The summed E-state index contributed by atoms with van der Waals surface area (Å²) in [5.74, 6) is -0.0801. The van der Waals surface area contributed by atoms with Gasteiger partial charge in [-0.25, -0.2) is 8.42 Å². The Morgan fingerprint density at radius 1 is 1.10 bits per heavy atom.